The van der Waals surface area contributed by atoms with Crippen LogP contribution >= 0.6 is 0 Å². The quantitative estimate of drug-likeness (QED) is 0.558. The number of benzene rings is 3. The monoisotopic (exact) mass is 407 g/mol. The van der Waals surface area contributed by atoms with Crippen LogP contribution in [-0.4, -0.2) is 32.4 Å². The van der Waals surface area contributed by atoms with Crippen LogP contribution in [0.3, 0.4) is 0 Å². The molecule has 0 spiro atoms. The van der Waals surface area contributed by atoms with Crippen molar-refractivity contribution in [2.24, 2.45) is 0 Å². The Balaban J connectivity index is 2.05. The molecule has 0 radical (unpaired) electrons. The smallest absolute Gasteiger partial charge is 0.339 e. The third kappa shape index (κ3) is 4.66. The van der Waals surface area contributed by atoms with Crippen molar-refractivity contribution >= 4 is 11.7 Å². The summed E-state index contributed by atoms with van der Waals surface area (Å²) >= 11 is 0. The zero-order valence-corrected chi connectivity index (χ0v) is 17.3. The number of ether oxygens (including phenoxy) is 3. The molecule has 0 unspecified atom stereocenters. The van der Waals surface area contributed by atoms with E-state index in [1.807, 2.05) is 54.6 Å². The number of para-hydroxylation sites is 2. The molecule has 3 aromatic rings. The fourth-order valence-electron chi connectivity index (χ4n) is 3.38. The molecule has 0 saturated carbocycles. The van der Waals surface area contributed by atoms with Gasteiger partial charge < -0.3 is 24.2 Å². The van der Waals surface area contributed by atoms with Crippen LogP contribution in [-0.2, 0) is 13.1 Å². The second-order valence-corrected chi connectivity index (χ2v) is 6.67. The fourth-order valence-corrected chi connectivity index (χ4v) is 3.38. The average molecular weight is 407 g/mol. The van der Waals surface area contributed by atoms with Gasteiger partial charge in [-0.05, 0) is 30.3 Å². The second-order valence-electron chi connectivity index (χ2n) is 6.67. The minimum atomic E-state index is -1.04. The number of carbonyl (C=O) groups is 1. The van der Waals surface area contributed by atoms with Crippen molar-refractivity contribution in [3.8, 4) is 17.2 Å². The lowest BCUT2D eigenvalue weighted by atomic mass is 10.1. The highest BCUT2D eigenvalue weighted by Crippen LogP contribution is 2.30. The van der Waals surface area contributed by atoms with Gasteiger partial charge in [0.1, 0.15) is 22.8 Å². The topological polar surface area (TPSA) is 68.2 Å². The van der Waals surface area contributed by atoms with Crippen LogP contribution in [0.1, 0.15) is 21.5 Å². The van der Waals surface area contributed by atoms with Gasteiger partial charge in [-0.2, -0.15) is 0 Å². The molecule has 0 amide bonds. The normalized spacial score (nSPS) is 10.4. The zero-order chi connectivity index (χ0) is 21.5. The average Bonchev–Trinajstić information content (AvgIpc) is 2.78. The van der Waals surface area contributed by atoms with Gasteiger partial charge >= 0.3 is 5.97 Å². The van der Waals surface area contributed by atoms with Gasteiger partial charge in [-0.3, -0.25) is 0 Å². The molecule has 6 nitrogen and oxygen atoms in total. The number of carboxylic acid groups (broad SMARTS) is 1. The molecule has 6 heteroatoms. The molecule has 0 aliphatic rings. The van der Waals surface area contributed by atoms with Crippen molar-refractivity contribution in [3.05, 3.63) is 83.4 Å². The molecule has 0 fully saturated rings. The van der Waals surface area contributed by atoms with E-state index in [1.54, 1.807) is 26.4 Å². The van der Waals surface area contributed by atoms with Gasteiger partial charge in [0.25, 0.3) is 0 Å². The molecule has 156 valence electrons. The summed E-state index contributed by atoms with van der Waals surface area (Å²) in [5.74, 6) is 0.827. The fraction of sp³-hybridized carbons (Fsp3) is 0.208. The van der Waals surface area contributed by atoms with Gasteiger partial charge in [-0.1, -0.05) is 36.4 Å². The number of aromatic carboxylic acids is 1. The maximum absolute atomic E-state index is 11.7. The van der Waals surface area contributed by atoms with Crippen LogP contribution in [0, 0.1) is 0 Å². The van der Waals surface area contributed by atoms with E-state index in [2.05, 4.69) is 4.90 Å². The number of anilines is 1. The van der Waals surface area contributed by atoms with E-state index in [0.29, 0.717) is 18.8 Å². The van der Waals surface area contributed by atoms with Gasteiger partial charge in [-0.15, -0.1) is 0 Å². The first-order valence-corrected chi connectivity index (χ1v) is 9.47. The standard InChI is InChI=1S/C24H25NO5/c1-28-21-10-6-4-8-17(21)15-25(16-18-9-5-7-11-22(18)29-2)19-12-13-23(30-3)20(14-19)24(26)27/h4-14H,15-16H2,1-3H3,(H,26,27). The van der Waals surface area contributed by atoms with Crippen LogP contribution in [0.2, 0.25) is 0 Å². The Morgan fingerprint density at radius 1 is 0.767 bits per heavy atom. The van der Waals surface area contributed by atoms with E-state index >= 15 is 0 Å². The maximum atomic E-state index is 11.7. The SMILES string of the molecule is COc1ccccc1CN(Cc1ccccc1OC)c1ccc(OC)c(C(=O)O)c1. The van der Waals surface area contributed by atoms with Crippen molar-refractivity contribution in [2.45, 2.75) is 13.1 Å². The lowest BCUT2D eigenvalue weighted by molar-refractivity contribution is 0.0693. The Morgan fingerprint density at radius 3 is 1.73 bits per heavy atom. The van der Waals surface area contributed by atoms with Gasteiger partial charge in [0.2, 0.25) is 0 Å². The Kier molecular flexibility index (Phi) is 6.80. The summed E-state index contributed by atoms with van der Waals surface area (Å²) in [7, 11) is 4.74. The van der Waals surface area contributed by atoms with Crippen molar-refractivity contribution in [2.75, 3.05) is 26.2 Å². The Hall–Kier alpha value is -3.67. The van der Waals surface area contributed by atoms with Gasteiger partial charge in [0.15, 0.2) is 0 Å². The summed E-state index contributed by atoms with van der Waals surface area (Å²) in [4.78, 5) is 13.8. The highest BCUT2D eigenvalue weighted by Gasteiger charge is 2.18. The number of carboxylic acids is 1. The Morgan fingerprint density at radius 2 is 1.27 bits per heavy atom. The first-order valence-electron chi connectivity index (χ1n) is 9.47. The maximum Gasteiger partial charge on any atom is 0.339 e. The molecule has 1 N–H and O–H groups in total. The van der Waals surface area contributed by atoms with Gasteiger partial charge in [-0.25, -0.2) is 4.79 Å². The lowest BCUT2D eigenvalue weighted by Crippen LogP contribution is -2.23. The van der Waals surface area contributed by atoms with Crippen LogP contribution in [0.4, 0.5) is 5.69 Å². The molecular weight excluding hydrogens is 382 g/mol. The molecule has 0 bridgehead atoms. The second kappa shape index (κ2) is 9.69. The first kappa shape index (κ1) is 21.0. The Bertz CT molecular complexity index is 968. The molecule has 0 saturated heterocycles. The van der Waals surface area contributed by atoms with Crippen molar-refractivity contribution in [1.29, 1.82) is 0 Å². The third-order valence-electron chi connectivity index (χ3n) is 4.89. The summed E-state index contributed by atoms with van der Waals surface area (Å²) in [6.07, 6.45) is 0. The van der Waals surface area contributed by atoms with Crippen LogP contribution in [0.25, 0.3) is 0 Å². The van der Waals surface area contributed by atoms with Gasteiger partial charge in [0, 0.05) is 29.9 Å². The summed E-state index contributed by atoms with van der Waals surface area (Å²) in [5, 5.41) is 9.61. The predicted molar refractivity (Wildman–Crippen MR) is 116 cm³/mol. The summed E-state index contributed by atoms with van der Waals surface area (Å²) in [5.41, 5.74) is 2.84. The molecule has 30 heavy (non-hydrogen) atoms. The minimum absolute atomic E-state index is 0.111. The number of nitrogens with zero attached hydrogens (tertiary/aromatic N) is 1. The van der Waals surface area contributed by atoms with E-state index in [-0.39, 0.29) is 5.56 Å². The number of hydrogen-bond donors (Lipinski definition) is 1. The highest BCUT2D eigenvalue weighted by atomic mass is 16.5. The highest BCUT2D eigenvalue weighted by molar-refractivity contribution is 5.92. The van der Waals surface area contributed by atoms with Crippen LogP contribution in [0.5, 0.6) is 17.2 Å². The number of methoxy groups -OCH3 is 3. The zero-order valence-electron chi connectivity index (χ0n) is 17.3. The summed E-state index contributed by atoms with van der Waals surface area (Å²) in [6, 6.07) is 20.7. The number of rotatable bonds is 9. The van der Waals surface area contributed by atoms with Crippen LogP contribution < -0.4 is 19.1 Å². The lowest BCUT2D eigenvalue weighted by Gasteiger charge is -2.27. The largest absolute Gasteiger partial charge is 0.496 e. The third-order valence-corrected chi connectivity index (χ3v) is 4.89. The molecular formula is C24H25NO5. The Labute approximate surface area is 176 Å². The van der Waals surface area contributed by atoms with Crippen molar-refractivity contribution in [1.82, 2.24) is 0 Å². The summed E-state index contributed by atoms with van der Waals surface area (Å²) < 4.78 is 16.2. The summed E-state index contributed by atoms with van der Waals surface area (Å²) in [6.45, 7) is 1.04. The van der Waals surface area contributed by atoms with E-state index < -0.39 is 5.97 Å². The van der Waals surface area contributed by atoms with Gasteiger partial charge in [0.05, 0.1) is 21.3 Å². The van der Waals surface area contributed by atoms with E-state index in [1.165, 1.54) is 7.11 Å². The minimum Gasteiger partial charge on any atom is -0.496 e. The molecule has 0 aliphatic carbocycles. The van der Waals surface area contributed by atoms with Crippen LogP contribution in [0.15, 0.2) is 66.7 Å². The van der Waals surface area contributed by atoms with E-state index in [4.69, 9.17) is 14.2 Å². The molecule has 3 rings (SSSR count). The molecule has 0 atom stereocenters. The number of hydrogen-bond acceptors (Lipinski definition) is 5. The first-order chi connectivity index (χ1) is 14.6. The molecule has 0 aliphatic heterocycles. The molecule has 3 aromatic carbocycles. The van der Waals surface area contributed by atoms with E-state index in [9.17, 15) is 9.90 Å². The van der Waals surface area contributed by atoms with Crippen molar-refractivity contribution in [3.63, 3.8) is 0 Å². The molecule has 0 heterocycles. The van der Waals surface area contributed by atoms with E-state index in [0.717, 1.165) is 28.3 Å². The van der Waals surface area contributed by atoms with Crippen molar-refractivity contribution < 1.29 is 24.1 Å². The predicted octanol–water partition coefficient (Wildman–Crippen LogP) is 4.62. The molecule has 0 aromatic heterocycles.